The smallest absolute Gasteiger partial charge is 0.253 e. The zero-order valence-corrected chi connectivity index (χ0v) is 14.2. The summed E-state index contributed by atoms with van der Waals surface area (Å²) in [6, 6.07) is 3.03. The summed E-state index contributed by atoms with van der Waals surface area (Å²) in [5.41, 5.74) is 0. The third-order valence-corrected chi connectivity index (χ3v) is 7.05. The Morgan fingerprint density at radius 2 is 2.23 bits per heavy atom. The van der Waals surface area contributed by atoms with Crippen LogP contribution >= 0.6 is 11.3 Å². The molecule has 3 heterocycles. The van der Waals surface area contributed by atoms with Crippen molar-refractivity contribution in [3.05, 3.63) is 29.2 Å². The van der Waals surface area contributed by atoms with E-state index in [9.17, 15) is 8.42 Å². The standard InChI is InChI=1S/C14H19N3O3S2/c1-10(2)13-15-14(20-16-13)11-6-3-4-8-17(11)22(18,19)12-7-5-9-21-12/h5,7,9-11H,3-4,6,8H2,1-2H3/t11-/m1/s1. The lowest BCUT2D eigenvalue weighted by Gasteiger charge is -2.31. The summed E-state index contributed by atoms with van der Waals surface area (Å²) in [5.74, 6) is 1.18. The normalized spacial score (nSPS) is 20.6. The second-order valence-corrected chi connectivity index (χ2v) is 8.77. The maximum absolute atomic E-state index is 12.8. The van der Waals surface area contributed by atoms with Crippen LogP contribution < -0.4 is 0 Å². The number of aromatic nitrogens is 2. The summed E-state index contributed by atoms with van der Waals surface area (Å²) in [4.78, 5) is 4.40. The van der Waals surface area contributed by atoms with Crippen LogP contribution in [0.2, 0.25) is 0 Å². The van der Waals surface area contributed by atoms with Crippen molar-refractivity contribution >= 4 is 21.4 Å². The van der Waals surface area contributed by atoms with E-state index in [1.54, 1.807) is 17.5 Å². The van der Waals surface area contributed by atoms with E-state index in [4.69, 9.17) is 4.52 Å². The van der Waals surface area contributed by atoms with Gasteiger partial charge in [-0.3, -0.25) is 0 Å². The van der Waals surface area contributed by atoms with Crippen LogP contribution in [-0.2, 0) is 10.0 Å². The molecule has 0 radical (unpaired) electrons. The average molecular weight is 341 g/mol. The van der Waals surface area contributed by atoms with Gasteiger partial charge in [-0.25, -0.2) is 8.42 Å². The molecule has 1 saturated heterocycles. The van der Waals surface area contributed by atoms with Crippen molar-refractivity contribution in [2.24, 2.45) is 0 Å². The molecular formula is C14H19N3O3S2. The van der Waals surface area contributed by atoms with Crippen LogP contribution in [0.4, 0.5) is 0 Å². The molecule has 1 aliphatic rings. The van der Waals surface area contributed by atoms with E-state index in [2.05, 4.69) is 10.1 Å². The van der Waals surface area contributed by atoms with Crippen LogP contribution in [0.5, 0.6) is 0 Å². The van der Waals surface area contributed by atoms with Crippen LogP contribution in [-0.4, -0.2) is 29.4 Å². The van der Waals surface area contributed by atoms with Gasteiger partial charge in [0.15, 0.2) is 5.82 Å². The Morgan fingerprint density at radius 1 is 1.41 bits per heavy atom. The molecule has 1 fully saturated rings. The van der Waals surface area contributed by atoms with Crippen molar-refractivity contribution in [2.45, 2.75) is 49.3 Å². The highest BCUT2D eigenvalue weighted by molar-refractivity contribution is 7.91. The molecule has 2 aromatic heterocycles. The Hall–Kier alpha value is -1.25. The Balaban J connectivity index is 1.94. The van der Waals surface area contributed by atoms with Gasteiger partial charge in [0.05, 0.1) is 0 Å². The highest BCUT2D eigenvalue weighted by Crippen LogP contribution is 2.36. The average Bonchev–Trinajstić information content (AvgIpc) is 3.19. The van der Waals surface area contributed by atoms with Crippen LogP contribution in [0, 0.1) is 0 Å². The monoisotopic (exact) mass is 341 g/mol. The molecular weight excluding hydrogens is 322 g/mol. The Kier molecular flexibility index (Phi) is 4.33. The van der Waals surface area contributed by atoms with Crippen molar-refractivity contribution in [1.82, 2.24) is 14.4 Å². The number of nitrogens with zero attached hydrogens (tertiary/aromatic N) is 3. The summed E-state index contributed by atoms with van der Waals surface area (Å²) in [6.45, 7) is 4.45. The molecule has 0 saturated carbocycles. The fourth-order valence-electron chi connectivity index (χ4n) is 2.58. The fourth-order valence-corrected chi connectivity index (χ4v) is 5.35. The molecule has 0 N–H and O–H groups in total. The molecule has 1 aliphatic heterocycles. The summed E-state index contributed by atoms with van der Waals surface area (Å²) >= 11 is 1.23. The molecule has 1 atom stereocenters. The topological polar surface area (TPSA) is 76.3 Å². The van der Waals surface area contributed by atoms with E-state index in [1.165, 1.54) is 15.6 Å². The second-order valence-electron chi connectivity index (χ2n) is 5.70. The Bertz CT molecular complexity index is 722. The molecule has 0 amide bonds. The third-order valence-electron chi connectivity index (χ3n) is 3.77. The maximum Gasteiger partial charge on any atom is 0.253 e. The largest absolute Gasteiger partial charge is 0.338 e. The molecule has 0 bridgehead atoms. The summed E-state index contributed by atoms with van der Waals surface area (Å²) in [5, 5.41) is 5.74. The zero-order chi connectivity index (χ0) is 15.7. The molecule has 0 spiro atoms. The van der Waals surface area contributed by atoms with Crippen molar-refractivity contribution in [1.29, 1.82) is 0 Å². The number of rotatable bonds is 4. The molecule has 6 nitrogen and oxygen atoms in total. The van der Waals surface area contributed by atoms with Crippen LogP contribution in [0.15, 0.2) is 26.2 Å². The number of hydrogen-bond donors (Lipinski definition) is 0. The van der Waals surface area contributed by atoms with Crippen molar-refractivity contribution in [3.63, 3.8) is 0 Å². The molecule has 22 heavy (non-hydrogen) atoms. The first-order valence-corrected chi connectivity index (χ1v) is 9.71. The van der Waals surface area contributed by atoms with E-state index in [-0.39, 0.29) is 12.0 Å². The van der Waals surface area contributed by atoms with Crippen LogP contribution in [0.1, 0.15) is 56.8 Å². The number of piperidine rings is 1. The maximum atomic E-state index is 12.8. The van der Waals surface area contributed by atoms with Gasteiger partial charge in [0.25, 0.3) is 10.0 Å². The summed E-state index contributed by atoms with van der Waals surface area (Å²) < 4.78 is 32.9. The zero-order valence-electron chi connectivity index (χ0n) is 12.6. The van der Waals surface area contributed by atoms with Gasteiger partial charge < -0.3 is 4.52 Å². The number of hydrogen-bond acceptors (Lipinski definition) is 6. The van der Waals surface area contributed by atoms with Gasteiger partial charge in [0.2, 0.25) is 5.89 Å². The molecule has 8 heteroatoms. The predicted octanol–water partition coefficient (Wildman–Crippen LogP) is 3.17. The highest BCUT2D eigenvalue weighted by Gasteiger charge is 2.38. The van der Waals surface area contributed by atoms with Crippen molar-refractivity contribution in [2.75, 3.05) is 6.54 Å². The van der Waals surface area contributed by atoms with E-state index >= 15 is 0 Å². The van der Waals surface area contributed by atoms with Crippen molar-refractivity contribution < 1.29 is 12.9 Å². The molecule has 3 rings (SSSR count). The predicted molar refractivity (Wildman–Crippen MR) is 83.2 cm³/mol. The van der Waals surface area contributed by atoms with E-state index in [1.807, 2.05) is 13.8 Å². The molecule has 0 aromatic carbocycles. The van der Waals surface area contributed by atoms with Gasteiger partial charge in [-0.2, -0.15) is 9.29 Å². The minimum Gasteiger partial charge on any atom is -0.338 e. The van der Waals surface area contributed by atoms with Gasteiger partial charge in [0.1, 0.15) is 10.3 Å². The summed E-state index contributed by atoms with van der Waals surface area (Å²) in [7, 11) is -3.50. The lowest BCUT2D eigenvalue weighted by molar-refractivity contribution is 0.204. The highest BCUT2D eigenvalue weighted by atomic mass is 32.2. The minimum atomic E-state index is -3.50. The first kappa shape index (κ1) is 15.6. The van der Waals surface area contributed by atoms with Gasteiger partial charge in [-0.05, 0) is 24.3 Å². The lowest BCUT2D eigenvalue weighted by Crippen LogP contribution is -2.38. The van der Waals surface area contributed by atoms with Gasteiger partial charge in [-0.1, -0.05) is 31.5 Å². The molecule has 0 unspecified atom stereocenters. The number of thiophene rings is 1. The van der Waals surface area contributed by atoms with Crippen LogP contribution in [0.25, 0.3) is 0 Å². The minimum absolute atomic E-state index is 0.156. The van der Waals surface area contributed by atoms with Crippen molar-refractivity contribution in [3.8, 4) is 0 Å². The molecule has 120 valence electrons. The first-order chi connectivity index (χ1) is 10.5. The van der Waals surface area contributed by atoms with E-state index in [0.717, 1.165) is 12.8 Å². The lowest BCUT2D eigenvalue weighted by atomic mass is 10.1. The summed E-state index contributed by atoms with van der Waals surface area (Å²) in [6.07, 6.45) is 2.52. The van der Waals surface area contributed by atoms with E-state index in [0.29, 0.717) is 28.9 Å². The van der Waals surface area contributed by atoms with Gasteiger partial charge in [-0.15, -0.1) is 11.3 Å². The molecule has 2 aromatic rings. The third kappa shape index (κ3) is 2.82. The Morgan fingerprint density at radius 3 is 2.86 bits per heavy atom. The van der Waals surface area contributed by atoms with E-state index < -0.39 is 10.0 Å². The number of sulfonamides is 1. The van der Waals surface area contributed by atoms with Gasteiger partial charge in [0, 0.05) is 12.5 Å². The van der Waals surface area contributed by atoms with Gasteiger partial charge >= 0.3 is 0 Å². The molecule has 0 aliphatic carbocycles. The first-order valence-electron chi connectivity index (χ1n) is 7.39. The second kappa shape index (κ2) is 6.10. The SMILES string of the molecule is CC(C)c1noc([C@H]2CCCCN2S(=O)(=O)c2cccs2)n1. The van der Waals surface area contributed by atoms with Crippen LogP contribution in [0.3, 0.4) is 0 Å². The quantitative estimate of drug-likeness (QED) is 0.853. The Labute approximate surface area is 134 Å². The fraction of sp³-hybridized carbons (Fsp3) is 0.571.